The third-order valence-electron chi connectivity index (χ3n) is 7.04. The molecule has 14 nitrogen and oxygen atoms in total. The third kappa shape index (κ3) is 5.61. The van der Waals surface area contributed by atoms with Crippen molar-refractivity contribution >= 4 is 21.7 Å². The smallest absolute Gasteiger partial charge is 0.342 e. The van der Waals surface area contributed by atoms with Gasteiger partial charge in [0.25, 0.3) is 5.69 Å². The van der Waals surface area contributed by atoms with Crippen LogP contribution in [0.5, 0.6) is 28.7 Å². The standard InChI is InChI=1S/C28H28N2O12S/c1-36-19-10-9-18(22(24(19)37-2)28(31)39-4)23-27(42-23)21-15(13-20-25(26(21)38-3)41-14-40-20)11-12-29-43(34,35)17-7-5-16(6-8-17)30(32)33/h5-10,13,23,27,29H,11-12,14H2,1-4H3/t23-,27-/m0/s1. The number of carbonyl (C=O) groups excluding carboxylic acids is 1. The molecule has 5 rings (SSSR count). The van der Waals surface area contributed by atoms with Crippen LogP contribution in [0.4, 0.5) is 5.69 Å². The summed E-state index contributed by atoms with van der Waals surface area (Å²) in [5, 5.41) is 10.9. The molecule has 0 aromatic heterocycles. The lowest BCUT2D eigenvalue weighted by Crippen LogP contribution is -2.26. The molecular weight excluding hydrogens is 588 g/mol. The summed E-state index contributed by atoms with van der Waals surface area (Å²) >= 11 is 0. The SMILES string of the molecule is COC(=O)c1c([C@@H]2O[C@H]2c2c(CCNS(=O)(=O)c3ccc([N+](=O)[O-])cc3)cc3c(c2OC)OCO3)ccc(OC)c1OC. The van der Waals surface area contributed by atoms with Gasteiger partial charge in [-0.1, -0.05) is 6.07 Å². The Balaban J connectivity index is 1.46. The number of non-ortho nitro benzene ring substituents is 1. The van der Waals surface area contributed by atoms with E-state index in [2.05, 4.69) is 4.72 Å². The third-order valence-corrected chi connectivity index (χ3v) is 8.52. The first kappa shape index (κ1) is 29.9. The van der Waals surface area contributed by atoms with Gasteiger partial charge in [-0.05, 0) is 36.2 Å². The van der Waals surface area contributed by atoms with E-state index in [0.29, 0.717) is 39.7 Å². The first-order valence-corrected chi connectivity index (χ1v) is 14.4. The Labute approximate surface area is 246 Å². The second-order valence-electron chi connectivity index (χ2n) is 9.35. The maximum Gasteiger partial charge on any atom is 0.342 e. The highest BCUT2D eigenvalue weighted by Crippen LogP contribution is 2.59. The fourth-order valence-electron chi connectivity index (χ4n) is 5.01. The Morgan fingerprint density at radius 3 is 2.35 bits per heavy atom. The fraction of sp³-hybridized carbons (Fsp3) is 0.321. The minimum Gasteiger partial charge on any atom is -0.493 e. The number of epoxide rings is 1. The number of sulfonamides is 1. The molecule has 0 amide bonds. The molecule has 228 valence electrons. The molecule has 2 aliphatic rings. The summed E-state index contributed by atoms with van der Waals surface area (Å²) < 4.78 is 67.2. The number of methoxy groups -OCH3 is 4. The number of esters is 1. The maximum atomic E-state index is 12.9. The van der Waals surface area contributed by atoms with Gasteiger partial charge in [-0.25, -0.2) is 17.9 Å². The summed E-state index contributed by atoms with van der Waals surface area (Å²) in [5.41, 5.74) is 1.67. The van der Waals surface area contributed by atoms with E-state index in [-0.39, 0.29) is 41.7 Å². The monoisotopic (exact) mass is 616 g/mol. The van der Waals surface area contributed by atoms with Gasteiger partial charge in [-0.3, -0.25) is 10.1 Å². The van der Waals surface area contributed by atoms with Crippen molar-refractivity contribution in [2.45, 2.75) is 23.5 Å². The van der Waals surface area contributed by atoms with Crippen LogP contribution in [0, 0.1) is 10.1 Å². The highest BCUT2D eigenvalue weighted by Gasteiger charge is 2.48. The molecule has 0 spiro atoms. The second kappa shape index (κ2) is 11.9. The number of nitro benzene ring substituents is 1. The van der Waals surface area contributed by atoms with E-state index in [1.807, 2.05) is 0 Å². The Morgan fingerprint density at radius 1 is 1.00 bits per heavy atom. The maximum absolute atomic E-state index is 12.9. The minimum absolute atomic E-state index is 0.0293. The number of hydrogen-bond donors (Lipinski definition) is 1. The van der Waals surface area contributed by atoms with E-state index in [4.69, 9.17) is 33.2 Å². The van der Waals surface area contributed by atoms with Crippen molar-refractivity contribution < 1.29 is 51.3 Å². The molecule has 2 heterocycles. The minimum atomic E-state index is -3.97. The molecule has 0 unspecified atom stereocenters. The van der Waals surface area contributed by atoms with Crippen molar-refractivity contribution in [1.82, 2.24) is 4.72 Å². The molecule has 15 heteroatoms. The van der Waals surface area contributed by atoms with Crippen LogP contribution in [0.2, 0.25) is 0 Å². The lowest BCUT2D eigenvalue weighted by molar-refractivity contribution is -0.384. The predicted octanol–water partition coefficient (Wildman–Crippen LogP) is 3.47. The quantitative estimate of drug-likeness (QED) is 0.136. The van der Waals surface area contributed by atoms with E-state index in [1.165, 1.54) is 40.6 Å². The van der Waals surface area contributed by atoms with Gasteiger partial charge >= 0.3 is 5.97 Å². The Kier molecular flexibility index (Phi) is 8.30. The van der Waals surface area contributed by atoms with Crippen molar-refractivity contribution in [2.24, 2.45) is 0 Å². The molecule has 1 N–H and O–H groups in total. The number of benzene rings is 3. The predicted molar refractivity (Wildman–Crippen MR) is 149 cm³/mol. The fourth-order valence-corrected chi connectivity index (χ4v) is 6.04. The van der Waals surface area contributed by atoms with Crippen LogP contribution in [0.15, 0.2) is 47.4 Å². The molecule has 0 radical (unpaired) electrons. The lowest BCUT2D eigenvalue weighted by atomic mass is 9.93. The number of hydrogen-bond acceptors (Lipinski definition) is 12. The number of nitrogens with one attached hydrogen (secondary N) is 1. The van der Waals surface area contributed by atoms with Crippen molar-refractivity contribution in [2.75, 3.05) is 41.8 Å². The number of fused-ring (bicyclic) bond motifs is 1. The average molecular weight is 617 g/mol. The van der Waals surface area contributed by atoms with Gasteiger partial charge in [-0.15, -0.1) is 0 Å². The van der Waals surface area contributed by atoms with Gasteiger partial charge in [0.2, 0.25) is 22.6 Å². The Bertz CT molecular complexity index is 1670. The summed E-state index contributed by atoms with van der Waals surface area (Å²) in [6.07, 6.45) is -1.03. The van der Waals surface area contributed by atoms with Gasteiger partial charge in [-0.2, -0.15) is 0 Å². The number of nitro groups is 1. The zero-order valence-corrected chi connectivity index (χ0v) is 24.4. The first-order chi connectivity index (χ1) is 20.6. The molecule has 3 aromatic rings. The number of carbonyl (C=O) groups is 1. The van der Waals surface area contributed by atoms with Crippen molar-refractivity contribution in [3.8, 4) is 28.7 Å². The molecule has 0 saturated carbocycles. The van der Waals surface area contributed by atoms with Crippen LogP contribution < -0.4 is 28.4 Å². The molecule has 1 fully saturated rings. The van der Waals surface area contributed by atoms with E-state index in [1.54, 1.807) is 18.2 Å². The topological polar surface area (TPSA) is 174 Å². The molecule has 43 heavy (non-hydrogen) atoms. The second-order valence-corrected chi connectivity index (χ2v) is 11.1. The lowest BCUT2D eigenvalue weighted by Gasteiger charge is -2.17. The number of nitrogens with zero attached hydrogens (tertiary/aromatic N) is 1. The average Bonchev–Trinajstić information content (AvgIpc) is 3.65. The highest BCUT2D eigenvalue weighted by atomic mass is 32.2. The van der Waals surface area contributed by atoms with Gasteiger partial charge in [0.15, 0.2) is 23.0 Å². The van der Waals surface area contributed by atoms with Gasteiger partial charge in [0.05, 0.1) is 38.3 Å². The van der Waals surface area contributed by atoms with Crippen LogP contribution in [0.3, 0.4) is 0 Å². The molecule has 3 aromatic carbocycles. The summed E-state index contributed by atoms with van der Waals surface area (Å²) in [5.74, 6) is 1.05. The zero-order valence-electron chi connectivity index (χ0n) is 23.6. The number of ether oxygens (including phenoxy) is 7. The van der Waals surface area contributed by atoms with Gasteiger partial charge in [0, 0.05) is 29.8 Å². The first-order valence-electron chi connectivity index (χ1n) is 12.9. The summed E-state index contributed by atoms with van der Waals surface area (Å²) in [6.45, 7) is -0.0608. The van der Waals surface area contributed by atoms with Crippen molar-refractivity contribution in [3.05, 3.63) is 74.8 Å². The summed E-state index contributed by atoms with van der Waals surface area (Å²) in [6, 6.07) is 9.66. The molecule has 0 bridgehead atoms. The van der Waals surface area contributed by atoms with Crippen LogP contribution >= 0.6 is 0 Å². The van der Waals surface area contributed by atoms with E-state index >= 15 is 0 Å². The van der Waals surface area contributed by atoms with Crippen LogP contribution in [0.1, 0.15) is 39.3 Å². The molecule has 0 aliphatic carbocycles. The van der Waals surface area contributed by atoms with E-state index in [9.17, 15) is 23.3 Å². The Hall–Kier alpha value is -4.60. The van der Waals surface area contributed by atoms with Gasteiger partial charge < -0.3 is 33.2 Å². The molecular formula is C28H28N2O12S. The summed E-state index contributed by atoms with van der Waals surface area (Å²) in [4.78, 5) is 23.0. The zero-order chi connectivity index (χ0) is 30.9. The van der Waals surface area contributed by atoms with Crippen molar-refractivity contribution in [1.29, 1.82) is 0 Å². The van der Waals surface area contributed by atoms with Crippen LogP contribution in [-0.2, 0) is 25.9 Å². The van der Waals surface area contributed by atoms with Crippen LogP contribution in [0.25, 0.3) is 0 Å². The molecule has 2 atom stereocenters. The largest absolute Gasteiger partial charge is 0.493 e. The van der Waals surface area contributed by atoms with E-state index < -0.39 is 33.1 Å². The molecule has 2 aliphatic heterocycles. The Morgan fingerprint density at radius 2 is 1.72 bits per heavy atom. The van der Waals surface area contributed by atoms with E-state index in [0.717, 1.165) is 12.1 Å². The van der Waals surface area contributed by atoms with Gasteiger partial charge in [0.1, 0.15) is 17.8 Å². The highest BCUT2D eigenvalue weighted by molar-refractivity contribution is 7.89. The van der Waals surface area contributed by atoms with Crippen molar-refractivity contribution in [3.63, 3.8) is 0 Å². The molecule has 1 saturated heterocycles. The van der Waals surface area contributed by atoms with Crippen LogP contribution in [-0.4, -0.2) is 61.1 Å². The normalized spacial score (nSPS) is 16.8. The summed E-state index contributed by atoms with van der Waals surface area (Å²) in [7, 11) is 1.62. The number of rotatable bonds is 12.